The summed E-state index contributed by atoms with van der Waals surface area (Å²) < 4.78 is 11.4. The fraction of sp³-hybridized carbons (Fsp3) is 0.458. The molecule has 186 valence electrons. The molecule has 0 radical (unpaired) electrons. The van der Waals surface area contributed by atoms with Gasteiger partial charge in [0.2, 0.25) is 5.91 Å². The van der Waals surface area contributed by atoms with Crippen molar-refractivity contribution in [3.8, 4) is 0 Å². The minimum Gasteiger partial charge on any atom is -0.507 e. The van der Waals surface area contributed by atoms with Gasteiger partial charge in [0.1, 0.15) is 11.7 Å². The van der Waals surface area contributed by atoms with Gasteiger partial charge in [-0.1, -0.05) is 44.2 Å². The van der Waals surface area contributed by atoms with Gasteiger partial charge >= 0.3 is 13.1 Å². The molecular formula is C24H32BN5O5. The van der Waals surface area contributed by atoms with Crippen molar-refractivity contribution in [3.63, 3.8) is 0 Å². The molecule has 0 aliphatic carbocycles. The summed E-state index contributed by atoms with van der Waals surface area (Å²) in [4.78, 5) is 48.3. The van der Waals surface area contributed by atoms with E-state index in [1.807, 2.05) is 56.1 Å². The van der Waals surface area contributed by atoms with Gasteiger partial charge in [0.05, 0.1) is 18.7 Å². The summed E-state index contributed by atoms with van der Waals surface area (Å²) >= 11 is 0. The van der Waals surface area contributed by atoms with Gasteiger partial charge < -0.3 is 19.9 Å². The zero-order chi connectivity index (χ0) is 25.2. The van der Waals surface area contributed by atoms with Gasteiger partial charge in [-0.15, -0.1) is 0 Å². The Labute approximate surface area is 205 Å². The second-order valence-electron chi connectivity index (χ2n) is 9.02. The van der Waals surface area contributed by atoms with Crippen LogP contribution in [0.25, 0.3) is 0 Å². The van der Waals surface area contributed by atoms with Crippen molar-refractivity contribution in [1.82, 2.24) is 25.5 Å². The molecule has 1 saturated heterocycles. The van der Waals surface area contributed by atoms with Crippen LogP contribution in [0, 0.1) is 5.92 Å². The first-order chi connectivity index (χ1) is 16.8. The lowest BCUT2D eigenvalue weighted by molar-refractivity contribution is -0.138. The Morgan fingerprint density at radius 1 is 1.17 bits per heavy atom. The zero-order valence-corrected chi connectivity index (χ0v) is 20.3. The van der Waals surface area contributed by atoms with Gasteiger partial charge in [0, 0.05) is 32.0 Å². The highest BCUT2D eigenvalue weighted by molar-refractivity contribution is 6.49. The zero-order valence-electron chi connectivity index (χ0n) is 20.3. The minimum atomic E-state index is -0.921. The van der Waals surface area contributed by atoms with Gasteiger partial charge in [-0.05, 0) is 24.9 Å². The summed E-state index contributed by atoms with van der Waals surface area (Å²) in [6.07, 6.45) is 5.01. The lowest BCUT2D eigenvalue weighted by Gasteiger charge is -2.30. The summed E-state index contributed by atoms with van der Waals surface area (Å²) in [6, 6.07) is 8.50. The molecule has 2 heterocycles. The van der Waals surface area contributed by atoms with Crippen LogP contribution in [0.1, 0.15) is 36.3 Å². The van der Waals surface area contributed by atoms with E-state index in [0.29, 0.717) is 19.6 Å². The van der Waals surface area contributed by atoms with Gasteiger partial charge in [-0.2, -0.15) is 0 Å². The molecule has 1 unspecified atom stereocenters. The molecule has 2 aromatic rings. The predicted octanol–water partition coefficient (Wildman–Crippen LogP) is 0.881. The molecule has 1 fully saturated rings. The molecule has 0 spiro atoms. The van der Waals surface area contributed by atoms with E-state index in [4.69, 9.17) is 9.31 Å². The molecule has 35 heavy (non-hydrogen) atoms. The number of nitrogens with one attached hydrogen (secondary N) is 2. The number of amides is 2. The lowest BCUT2D eigenvalue weighted by atomic mass is 9.73. The maximum Gasteiger partial charge on any atom is 0.551 e. The van der Waals surface area contributed by atoms with Crippen LogP contribution in [-0.4, -0.2) is 78.5 Å². The average Bonchev–Trinajstić information content (AvgIpc) is 2.82. The first-order valence-corrected chi connectivity index (χ1v) is 11.7. The number of hydrogen-bond acceptors (Lipinski definition) is 8. The molecule has 10 nitrogen and oxygen atoms in total. The van der Waals surface area contributed by atoms with Crippen LogP contribution < -0.4 is 10.6 Å². The molecule has 3 rings (SSSR count). The largest absolute Gasteiger partial charge is 0.551 e. The number of hydrogen-bond donors (Lipinski definition) is 2. The fourth-order valence-corrected chi connectivity index (χ4v) is 3.76. The number of aromatic nitrogens is 2. The fourth-order valence-electron chi connectivity index (χ4n) is 3.76. The first-order valence-electron chi connectivity index (χ1n) is 11.7. The maximum absolute atomic E-state index is 13.5. The Morgan fingerprint density at radius 2 is 1.94 bits per heavy atom. The van der Waals surface area contributed by atoms with E-state index < -0.39 is 36.9 Å². The van der Waals surface area contributed by atoms with Gasteiger partial charge in [-0.25, -0.2) is 4.98 Å². The normalized spacial score (nSPS) is 16.6. The Balaban J connectivity index is 1.78. The van der Waals surface area contributed by atoms with Crippen molar-refractivity contribution in [2.75, 3.05) is 26.7 Å². The molecule has 1 aliphatic heterocycles. The van der Waals surface area contributed by atoms with E-state index in [2.05, 4.69) is 20.6 Å². The van der Waals surface area contributed by atoms with E-state index in [1.165, 1.54) is 18.6 Å². The highest BCUT2D eigenvalue weighted by Crippen LogP contribution is 2.13. The molecule has 1 aromatic heterocycles. The summed E-state index contributed by atoms with van der Waals surface area (Å²) in [5, 5.41) is 5.74. The number of carbonyl (C=O) groups excluding carboxylic acids is 3. The summed E-state index contributed by atoms with van der Waals surface area (Å²) in [6.45, 7) is 5.09. The van der Waals surface area contributed by atoms with Crippen LogP contribution >= 0.6 is 0 Å². The van der Waals surface area contributed by atoms with Crippen molar-refractivity contribution in [2.45, 2.75) is 38.7 Å². The Morgan fingerprint density at radius 3 is 2.63 bits per heavy atom. The van der Waals surface area contributed by atoms with Gasteiger partial charge in [-0.3, -0.25) is 24.3 Å². The minimum absolute atomic E-state index is 0.110. The van der Waals surface area contributed by atoms with Crippen LogP contribution in [0.2, 0.25) is 0 Å². The van der Waals surface area contributed by atoms with Crippen molar-refractivity contribution in [3.05, 3.63) is 60.2 Å². The number of likely N-dealkylation sites (N-methyl/N-ethyl adjacent to an activating group) is 1. The van der Waals surface area contributed by atoms with Crippen LogP contribution in [0.15, 0.2) is 48.9 Å². The molecule has 0 saturated carbocycles. The SMILES string of the molecule is CC(C)C[C@H](NC(=O)C(Cc1ccccc1)NC(=O)c1cnccn1)B1OCCN(C)CC(=O)O1. The maximum atomic E-state index is 13.5. The van der Waals surface area contributed by atoms with Gasteiger partial charge in [0.25, 0.3) is 5.91 Å². The topological polar surface area (TPSA) is 123 Å². The Kier molecular flexibility index (Phi) is 9.74. The van der Waals surface area contributed by atoms with E-state index in [0.717, 1.165) is 5.56 Å². The standard InChI is InChI=1S/C24H32BN5O5/c1-17(2)13-21(25-34-12-11-30(3)16-22(31)35-25)29-23(32)19(14-18-7-5-4-6-8-18)28-24(33)20-15-26-9-10-27-20/h4-10,15,17,19,21H,11-14,16H2,1-3H3,(H,28,33)(H,29,32)/t19?,21-/m0/s1. The molecule has 1 aliphatic rings. The third-order valence-corrected chi connectivity index (χ3v) is 5.48. The monoisotopic (exact) mass is 481 g/mol. The smallest absolute Gasteiger partial charge is 0.507 e. The highest BCUT2D eigenvalue weighted by atomic mass is 16.6. The molecular weight excluding hydrogens is 449 g/mol. The Hall–Kier alpha value is -3.31. The average molecular weight is 481 g/mol. The number of carbonyl (C=O) groups is 3. The van der Waals surface area contributed by atoms with Crippen molar-refractivity contribution >= 4 is 24.9 Å². The summed E-state index contributed by atoms with van der Waals surface area (Å²) in [7, 11) is 0.891. The van der Waals surface area contributed by atoms with E-state index in [-0.39, 0.29) is 24.6 Å². The van der Waals surface area contributed by atoms with E-state index >= 15 is 0 Å². The highest BCUT2D eigenvalue weighted by Gasteiger charge is 2.38. The van der Waals surface area contributed by atoms with Crippen LogP contribution in [0.3, 0.4) is 0 Å². The number of benzene rings is 1. The second kappa shape index (κ2) is 13.0. The Bertz CT molecular complexity index is 979. The number of rotatable bonds is 9. The molecule has 1 aromatic carbocycles. The first kappa shape index (κ1) is 26.3. The van der Waals surface area contributed by atoms with Crippen molar-refractivity contribution in [2.24, 2.45) is 5.92 Å². The predicted molar refractivity (Wildman–Crippen MR) is 130 cm³/mol. The third kappa shape index (κ3) is 8.45. The van der Waals surface area contributed by atoms with E-state index in [1.54, 1.807) is 0 Å². The number of nitrogens with zero attached hydrogens (tertiary/aromatic N) is 3. The second-order valence-corrected chi connectivity index (χ2v) is 9.02. The lowest BCUT2D eigenvalue weighted by Crippen LogP contribution is -2.57. The van der Waals surface area contributed by atoms with Crippen LogP contribution in [0.5, 0.6) is 0 Å². The summed E-state index contributed by atoms with van der Waals surface area (Å²) in [5.41, 5.74) is 0.989. The molecule has 11 heteroatoms. The van der Waals surface area contributed by atoms with Crippen LogP contribution in [-0.2, 0) is 25.3 Å². The molecule has 0 bridgehead atoms. The van der Waals surface area contributed by atoms with Crippen LogP contribution in [0.4, 0.5) is 0 Å². The third-order valence-electron chi connectivity index (χ3n) is 5.48. The molecule has 2 amide bonds. The summed E-state index contributed by atoms with van der Waals surface area (Å²) in [5.74, 6) is -1.72. The quantitative estimate of drug-likeness (QED) is 0.507. The molecule has 2 N–H and O–H groups in total. The van der Waals surface area contributed by atoms with Crippen molar-refractivity contribution < 1.29 is 23.7 Å². The van der Waals surface area contributed by atoms with Gasteiger partial charge in [0.15, 0.2) is 0 Å². The van der Waals surface area contributed by atoms with Crippen molar-refractivity contribution in [1.29, 1.82) is 0 Å². The molecule has 2 atom stereocenters. The van der Waals surface area contributed by atoms with E-state index in [9.17, 15) is 14.4 Å².